The Morgan fingerprint density at radius 1 is 1.11 bits per heavy atom. The van der Waals surface area contributed by atoms with Gasteiger partial charge in [0.15, 0.2) is 0 Å². The van der Waals surface area contributed by atoms with E-state index in [4.69, 9.17) is 9.47 Å². The number of amides is 2. The molecule has 204 valence electrons. The number of nitrogens with zero attached hydrogens (tertiary/aromatic N) is 3. The number of carbonyl (C=O) groups excluding carboxylic acids is 3. The van der Waals surface area contributed by atoms with Crippen LogP contribution in [0.2, 0.25) is 0 Å². The van der Waals surface area contributed by atoms with E-state index in [-0.39, 0.29) is 30.3 Å². The number of thioether (sulfide) groups is 1. The van der Waals surface area contributed by atoms with Crippen molar-refractivity contribution in [3.8, 4) is 0 Å². The Morgan fingerprint density at radius 3 is 2.35 bits per heavy atom. The van der Waals surface area contributed by atoms with Crippen LogP contribution in [-0.4, -0.2) is 94.8 Å². The van der Waals surface area contributed by atoms with Gasteiger partial charge in [-0.25, -0.2) is 9.18 Å². The summed E-state index contributed by atoms with van der Waals surface area (Å²) in [5.41, 5.74) is -0.745. The van der Waals surface area contributed by atoms with Crippen molar-refractivity contribution in [1.82, 2.24) is 14.7 Å². The zero-order valence-electron chi connectivity index (χ0n) is 22.2. The maximum absolute atomic E-state index is 13.6. The number of halogens is 1. The topological polar surface area (TPSA) is 79.4 Å². The number of piperidine rings is 1. The maximum atomic E-state index is 13.6. The van der Waals surface area contributed by atoms with Gasteiger partial charge < -0.3 is 14.4 Å². The second kappa shape index (κ2) is 11.2. The number of carbonyl (C=O) groups is 3. The molecule has 3 fully saturated rings. The van der Waals surface area contributed by atoms with Crippen LogP contribution in [0.25, 0.3) is 0 Å². The van der Waals surface area contributed by atoms with Crippen LogP contribution >= 0.6 is 11.8 Å². The molecule has 0 aliphatic carbocycles. The van der Waals surface area contributed by atoms with Crippen LogP contribution in [0.5, 0.6) is 0 Å². The van der Waals surface area contributed by atoms with Gasteiger partial charge in [0.05, 0.1) is 17.9 Å². The van der Waals surface area contributed by atoms with E-state index in [1.807, 2.05) is 25.7 Å². The molecule has 0 unspecified atom stereocenters. The summed E-state index contributed by atoms with van der Waals surface area (Å²) in [6.45, 7) is 9.81. The Morgan fingerprint density at radius 2 is 1.78 bits per heavy atom. The highest BCUT2D eigenvalue weighted by molar-refractivity contribution is 7.99. The van der Waals surface area contributed by atoms with Gasteiger partial charge in [-0.3, -0.25) is 19.4 Å². The van der Waals surface area contributed by atoms with Gasteiger partial charge in [0.1, 0.15) is 17.5 Å². The molecule has 4 rings (SSSR count). The first-order valence-electron chi connectivity index (χ1n) is 13.1. The van der Waals surface area contributed by atoms with Gasteiger partial charge in [-0.1, -0.05) is 12.1 Å². The van der Waals surface area contributed by atoms with Crippen LogP contribution in [0.3, 0.4) is 0 Å². The predicted molar refractivity (Wildman–Crippen MR) is 140 cm³/mol. The van der Waals surface area contributed by atoms with Crippen LogP contribution in [-0.2, 0) is 24.5 Å². The molecule has 0 saturated carbocycles. The number of esters is 1. The monoisotopic (exact) mass is 535 g/mol. The van der Waals surface area contributed by atoms with Gasteiger partial charge in [0, 0.05) is 24.9 Å². The zero-order valence-corrected chi connectivity index (χ0v) is 23.0. The maximum Gasteiger partial charge on any atom is 0.411 e. The highest BCUT2D eigenvalue weighted by atomic mass is 32.2. The molecule has 3 heterocycles. The van der Waals surface area contributed by atoms with Crippen molar-refractivity contribution in [3.63, 3.8) is 0 Å². The standard InChI is InChI=1S/C27H38FN3O5S/c1-5-35-24(33)27(19-6-8-20(28)9-7-19)10-12-29(13-11-27)21-16-22(23(32)30-14-15-37-18-30)31(17-21)25(34)36-26(2,3)4/h6-9,21-22H,5,10-18H2,1-4H3/t21-,22-/m0/s1. The van der Waals surface area contributed by atoms with E-state index >= 15 is 0 Å². The number of ether oxygens (including phenoxy) is 2. The van der Waals surface area contributed by atoms with Crippen LogP contribution in [0.4, 0.5) is 9.18 Å². The zero-order chi connectivity index (χ0) is 26.8. The van der Waals surface area contributed by atoms with Gasteiger partial charge in [-0.2, -0.15) is 0 Å². The summed E-state index contributed by atoms with van der Waals surface area (Å²) in [6.07, 6.45) is 1.09. The Kier molecular flexibility index (Phi) is 8.38. The summed E-state index contributed by atoms with van der Waals surface area (Å²) in [7, 11) is 0. The molecular weight excluding hydrogens is 497 g/mol. The van der Waals surface area contributed by atoms with Crippen molar-refractivity contribution in [1.29, 1.82) is 0 Å². The first-order chi connectivity index (χ1) is 17.5. The van der Waals surface area contributed by atoms with E-state index in [1.165, 1.54) is 12.1 Å². The molecule has 3 aliphatic rings. The Hall–Kier alpha value is -2.33. The normalized spacial score (nSPS) is 24.2. The Balaban J connectivity index is 1.51. The van der Waals surface area contributed by atoms with Gasteiger partial charge in [-0.05, 0) is 77.7 Å². The fourth-order valence-electron chi connectivity index (χ4n) is 5.55. The second-order valence-corrected chi connectivity index (χ2v) is 12.1. The van der Waals surface area contributed by atoms with E-state index in [0.29, 0.717) is 51.3 Å². The molecule has 3 saturated heterocycles. The molecule has 0 bridgehead atoms. The predicted octanol–water partition coefficient (Wildman–Crippen LogP) is 3.63. The van der Waals surface area contributed by atoms with Crippen LogP contribution in [0, 0.1) is 5.82 Å². The van der Waals surface area contributed by atoms with Gasteiger partial charge in [-0.15, -0.1) is 11.8 Å². The fraction of sp³-hybridized carbons (Fsp3) is 0.667. The molecule has 1 aromatic carbocycles. The molecule has 0 aromatic heterocycles. The molecule has 0 spiro atoms. The highest BCUT2D eigenvalue weighted by Crippen LogP contribution is 2.39. The Labute approximate surface area is 222 Å². The lowest BCUT2D eigenvalue weighted by atomic mass is 9.72. The third-order valence-corrected chi connectivity index (χ3v) is 8.45. The van der Waals surface area contributed by atoms with E-state index in [1.54, 1.807) is 35.7 Å². The molecular formula is C27H38FN3O5S. The average molecular weight is 536 g/mol. The molecule has 2 atom stereocenters. The van der Waals surface area contributed by atoms with Crippen LogP contribution in [0.15, 0.2) is 24.3 Å². The number of rotatable bonds is 5. The van der Waals surface area contributed by atoms with E-state index in [9.17, 15) is 18.8 Å². The summed E-state index contributed by atoms with van der Waals surface area (Å²) < 4.78 is 24.7. The smallest absolute Gasteiger partial charge is 0.411 e. The molecule has 0 N–H and O–H groups in total. The number of likely N-dealkylation sites (tertiary alicyclic amines) is 2. The van der Waals surface area contributed by atoms with E-state index in [0.717, 1.165) is 11.3 Å². The lowest BCUT2D eigenvalue weighted by Gasteiger charge is -2.42. The summed E-state index contributed by atoms with van der Waals surface area (Å²) in [4.78, 5) is 45.3. The average Bonchev–Trinajstić information content (AvgIpc) is 3.54. The van der Waals surface area contributed by atoms with Crippen molar-refractivity contribution in [2.75, 3.05) is 44.4 Å². The van der Waals surface area contributed by atoms with Crippen molar-refractivity contribution in [2.45, 2.75) is 70.1 Å². The lowest BCUT2D eigenvalue weighted by molar-refractivity contribution is -0.152. The third-order valence-electron chi connectivity index (χ3n) is 7.49. The summed E-state index contributed by atoms with van der Waals surface area (Å²) in [5, 5.41) is 0. The van der Waals surface area contributed by atoms with Crippen molar-refractivity contribution < 1.29 is 28.2 Å². The minimum atomic E-state index is -0.842. The quantitative estimate of drug-likeness (QED) is 0.533. The SMILES string of the molecule is CCOC(=O)C1(c2ccc(F)cc2)CCN([C@H]2C[C@@H](C(=O)N3CCSC3)N(C(=O)OC(C)(C)C)C2)CC1. The first-order valence-corrected chi connectivity index (χ1v) is 14.2. The molecule has 1 aromatic rings. The minimum Gasteiger partial charge on any atom is -0.465 e. The number of hydrogen-bond donors (Lipinski definition) is 0. The summed E-state index contributed by atoms with van der Waals surface area (Å²) in [6, 6.07) is 5.52. The lowest BCUT2D eigenvalue weighted by Crippen LogP contribution is -2.51. The highest BCUT2D eigenvalue weighted by Gasteiger charge is 2.49. The van der Waals surface area contributed by atoms with Crippen LogP contribution in [0.1, 0.15) is 52.5 Å². The number of hydrogen-bond acceptors (Lipinski definition) is 7. The molecule has 8 nitrogen and oxygen atoms in total. The third kappa shape index (κ3) is 6.06. The second-order valence-electron chi connectivity index (χ2n) is 11.0. The van der Waals surface area contributed by atoms with Crippen molar-refractivity contribution in [2.24, 2.45) is 0 Å². The summed E-state index contributed by atoms with van der Waals surface area (Å²) >= 11 is 1.72. The molecule has 10 heteroatoms. The van der Waals surface area contributed by atoms with Gasteiger partial charge in [0.2, 0.25) is 5.91 Å². The van der Waals surface area contributed by atoms with Gasteiger partial charge in [0.25, 0.3) is 0 Å². The van der Waals surface area contributed by atoms with E-state index in [2.05, 4.69) is 4.90 Å². The Bertz CT molecular complexity index is 985. The van der Waals surface area contributed by atoms with E-state index < -0.39 is 23.2 Å². The fourth-order valence-corrected chi connectivity index (χ4v) is 6.51. The van der Waals surface area contributed by atoms with Crippen LogP contribution < -0.4 is 0 Å². The van der Waals surface area contributed by atoms with Crippen molar-refractivity contribution in [3.05, 3.63) is 35.6 Å². The largest absolute Gasteiger partial charge is 0.465 e. The summed E-state index contributed by atoms with van der Waals surface area (Å²) in [5.74, 6) is 0.886. The van der Waals surface area contributed by atoms with Crippen molar-refractivity contribution >= 4 is 29.7 Å². The first kappa shape index (κ1) is 27.7. The minimum absolute atomic E-state index is 0.0230. The molecule has 37 heavy (non-hydrogen) atoms. The molecule has 0 radical (unpaired) electrons. The molecule has 3 aliphatic heterocycles. The molecule has 2 amide bonds. The van der Waals surface area contributed by atoms with Gasteiger partial charge >= 0.3 is 12.1 Å². The number of benzene rings is 1.